The molecule has 0 aliphatic heterocycles. The van der Waals surface area contributed by atoms with Crippen LogP contribution in [0.5, 0.6) is 5.75 Å². The monoisotopic (exact) mass is 497 g/mol. The van der Waals surface area contributed by atoms with Crippen LogP contribution in [0.25, 0.3) is 0 Å². The molecule has 19 heavy (non-hydrogen) atoms. The van der Waals surface area contributed by atoms with Gasteiger partial charge in [0, 0.05) is 29.5 Å². The van der Waals surface area contributed by atoms with Crippen molar-refractivity contribution in [3.8, 4) is 5.75 Å². The van der Waals surface area contributed by atoms with Crippen LogP contribution in [-0.2, 0) is 26.0 Å². The molecule has 0 saturated carbocycles. The van der Waals surface area contributed by atoms with E-state index in [0.29, 0.717) is 12.3 Å². The largest absolute Gasteiger partial charge is 0.508 e. The number of phenols is 1. The summed E-state index contributed by atoms with van der Waals surface area (Å²) in [6.07, 6.45) is 0. The molecule has 0 amide bonds. The summed E-state index contributed by atoms with van der Waals surface area (Å²) in [7, 11) is 0. The molecule has 0 heterocycles. The Morgan fingerprint density at radius 2 is 1.68 bits per heavy atom. The van der Waals surface area contributed by atoms with Crippen LogP contribution in [0.15, 0.2) is 51.4 Å². The first-order valence-corrected chi connectivity index (χ1v) is 7.53. The Morgan fingerprint density at radius 1 is 1.00 bits per heavy atom. The minimum atomic E-state index is 0. The van der Waals surface area contributed by atoms with Crippen molar-refractivity contribution in [3.05, 3.63) is 57.0 Å². The Labute approximate surface area is 150 Å². The summed E-state index contributed by atoms with van der Waals surface area (Å²) in [5.74, 6) is 0.299. The quantitative estimate of drug-likeness (QED) is 0.460. The predicted octanol–water partition coefficient (Wildman–Crippen LogP) is 5.23. The zero-order chi connectivity index (χ0) is 13.1. The van der Waals surface area contributed by atoms with Crippen LogP contribution in [0, 0.1) is 0 Å². The second kappa shape index (κ2) is 7.77. The smallest absolute Gasteiger partial charge is 0.120 e. The van der Waals surface area contributed by atoms with Gasteiger partial charge in [-0.05, 0) is 50.1 Å². The van der Waals surface area contributed by atoms with Crippen molar-refractivity contribution in [2.45, 2.75) is 6.54 Å². The van der Waals surface area contributed by atoms with E-state index in [1.807, 2.05) is 40.3 Å². The summed E-state index contributed by atoms with van der Waals surface area (Å²) in [5.41, 5.74) is 1.86. The van der Waals surface area contributed by atoms with Crippen LogP contribution >= 0.6 is 48.0 Å². The fourth-order valence-electron chi connectivity index (χ4n) is 1.56. The van der Waals surface area contributed by atoms with Gasteiger partial charge in [-0.3, -0.25) is 0 Å². The first-order chi connectivity index (χ1) is 8.59. The molecule has 0 aromatic heterocycles. The van der Waals surface area contributed by atoms with E-state index >= 15 is 0 Å². The molecule has 0 radical (unpaired) electrons. The molecule has 0 spiro atoms. The molecular weight excluding hydrogens is 491 g/mol. The summed E-state index contributed by atoms with van der Waals surface area (Å²) in [6, 6.07) is 13.2. The third-order valence-electron chi connectivity index (χ3n) is 2.49. The SMILES string of the molecule is Oc1ccccc1CN(Br)c1cccc(Br)c1Br.[Zn]. The minimum absolute atomic E-state index is 0. The van der Waals surface area contributed by atoms with E-state index in [4.69, 9.17) is 0 Å². The van der Waals surface area contributed by atoms with E-state index in [-0.39, 0.29) is 19.5 Å². The van der Waals surface area contributed by atoms with Gasteiger partial charge in [-0.1, -0.05) is 24.3 Å². The summed E-state index contributed by atoms with van der Waals surface area (Å²) in [4.78, 5) is 0. The number of hydrogen-bond acceptors (Lipinski definition) is 2. The molecule has 96 valence electrons. The molecule has 0 saturated heterocycles. The average Bonchev–Trinajstić information content (AvgIpc) is 2.35. The van der Waals surface area contributed by atoms with Crippen LogP contribution in [0.4, 0.5) is 5.69 Å². The van der Waals surface area contributed by atoms with E-state index in [9.17, 15) is 5.11 Å². The van der Waals surface area contributed by atoms with Crippen LogP contribution in [0.1, 0.15) is 5.56 Å². The molecule has 0 aliphatic carbocycles. The number of para-hydroxylation sites is 1. The Hall–Kier alpha value is 0.103. The third kappa shape index (κ3) is 4.28. The summed E-state index contributed by atoms with van der Waals surface area (Å²) in [6.45, 7) is 0.571. The van der Waals surface area contributed by atoms with Gasteiger partial charge in [0.1, 0.15) is 5.75 Å². The van der Waals surface area contributed by atoms with Gasteiger partial charge in [-0.25, -0.2) is 0 Å². The van der Waals surface area contributed by atoms with Gasteiger partial charge in [-0.15, -0.1) is 0 Å². The van der Waals surface area contributed by atoms with E-state index in [0.717, 1.165) is 20.2 Å². The number of anilines is 1. The first kappa shape index (κ1) is 17.2. The van der Waals surface area contributed by atoms with Crippen LogP contribution in [0.2, 0.25) is 0 Å². The molecule has 1 N–H and O–H groups in total. The summed E-state index contributed by atoms with van der Waals surface area (Å²) in [5, 5.41) is 9.76. The molecule has 0 aliphatic rings. The van der Waals surface area contributed by atoms with Crippen molar-refractivity contribution >= 4 is 53.7 Å². The second-order valence-corrected chi connectivity index (χ2v) is 6.23. The average molecular weight is 501 g/mol. The van der Waals surface area contributed by atoms with E-state index in [1.165, 1.54) is 0 Å². The van der Waals surface area contributed by atoms with Gasteiger partial charge in [-0.2, -0.15) is 0 Å². The van der Waals surface area contributed by atoms with Crippen LogP contribution < -0.4 is 3.93 Å². The predicted molar refractivity (Wildman–Crippen MR) is 85.1 cm³/mol. The Bertz CT molecular complexity index is 565. The molecule has 2 rings (SSSR count). The maximum Gasteiger partial charge on any atom is 0.120 e. The van der Waals surface area contributed by atoms with Gasteiger partial charge in [0.05, 0.1) is 32.9 Å². The Morgan fingerprint density at radius 3 is 2.37 bits per heavy atom. The van der Waals surface area contributed by atoms with Gasteiger partial charge < -0.3 is 9.03 Å². The first-order valence-electron chi connectivity index (χ1n) is 5.24. The van der Waals surface area contributed by atoms with Crippen LogP contribution in [-0.4, -0.2) is 5.11 Å². The topological polar surface area (TPSA) is 23.5 Å². The molecule has 6 heteroatoms. The van der Waals surface area contributed by atoms with Gasteiger partial charge >= 0.3 is 0 Å². The zero-order valence-electron chi connectivity index (χ0n) is 9.98. The van der Waals surface area contributed by atoms with Gasteiger partial charge in [0.2, 0.25) is 0 Å². The number of phenolic OH excluding ortho intramolecular Hbond substituents is 1. The molecule has 0 unspecified atom stereocenters. The normalized spacial score (nSPS) is 9.84. The standard InChI is InChI=1S/C13H10Br3NO.Zn/c14-10-5-3-6-11(13(10)15)17(16)8-9-4-1-2-7-12(9)18;/h1-7,18H,8H2;. The van der Waals surface area contributed by atoms with Crippen molar-refractivity contribution in [2.24, 2.45) is 0 Å². The molecule has 2 aromatic rings. The Kier molecular flexibility index (Phi) is 7.02. The summed E-state index contributed by atoms with van der Waals surface area (Å²) >= 11 is 10.5. The molecular formula is C13H10Br3NOZn. The molecule has 0 bridgehead atoms. The number of benzene rings is 2. The minimum Gasteiger partial charge on any atom is -0.508 e. The van der Waals surface area contributed by atoms with Crippen molar-refractivity contribution in [2.75, 3.05) is 3.93 Å². The molecule has 2 aromatic carbocycles. The van der Waals surface area contributed by atoms with Crippen LogP contribution in [0.3, 0.4) is 0 Å². The van der Waals surface area contributed by atoms with Crippen molar-refractivity contribution in [3.63, 3.8) is 0 Å². The maximum atomic E-state index is 9.76. The zero-order valence-corrected chi connectivity index (χ0v) is 17.7. The second-order valence-electron chi connectivity index (χ2n) is 3.72. The van der Waals surface area contributed by atoms with Crippen molar-refractivity contribution < 1.29 is 24.6 Å². The third-order valence-corrected chi connectivity index (χ3v) is 5.15. The molecule has 0 fully saturated rings. The van der Waals surface area contributed by atoms with E-state index in [1.54, 1.807) is 6.07 Å². The number of halogens is 3. The van der Waals surface area contributed by atoms with E-state index < -0.39 is 0 Å². The maximum absolute atomic E-state index is 9.76. The molecule has 2 nitrogen and oxygen atoms in total. The van der Waals surface area contributed by atoms with Crippen molar-refractivity contribution in [1.82, 2.24) is 0 Å². The fourth-order valence-corrected chi connectivity index (χ4v) is 3.20. The van der Waals surface area contributed by atoms with Gasteiger partial charge in [0.15, 0.2) is 0 Å². The fraction of sp³-hybridized carbons (Fsp3) is 0.0769. The van der Waals surface area contributed by atoms with Crippen molar-refractivity contribution in [1.29, 1.82) is 0 Å². The number of hydrogen-bond donors (Lipinski definition) is 1. The number of rotatable bonds is 3. The van der Waals surface area contributed by atoms with Gasteiger partial charge in [0.25, 0.3) is 0 Å². The molecule has 0 atom stereocenters. The van der Waals surface area contributed by atoms with E-state index in [2.05, 4.69) is 48.0 Å². The number of nitrogens with zero attached hydrogens (tertiary/aromatic N) is 1. The Balaban J connectivity index is 0.00000180. The number of aromatic hydroxyl groups is 1. The summed E-state index contributed by atoms with van der Waals surface area (Å²) < 4.78 is 3.86.